The van der Waals surface area contributed by atoms with E-state index in [4.69, 9.17) is 9.47 Å². The molecule has 1 saturated heterocycles. The number of rotatable bonds is 5. The molecule has 0 aliphatic carbocycles. The number of carbonyl (C=O) groups excluding carboxylic acids is 1. The van der Waals surface area contributed by atoms with Crippen LogP contribution in [0.2, 0.25) is 0 Å². The zero-order valence-corrected chi connectivity index (χ0v) is 15.6. The second-order valence-corrected chi connectivity index (χ2v) is 6.41. The molecule has 0 N–H and O–H groups in total. The molecule has 26 heavy (non-hydrogen) atoms. The maximum Gasteiger partial charge on any atom is 0.258 e. The van der Waals surface area contributed by atoms with Crippen LogP contribution in [0.1, 0.15) is 34.9 Å². The number of hydrogen-bond acceptors (Lipinski definition) is 6. The molecular weight excluding hydrogens is 332 g/mol. The average Bonchev–Trinajstić information content (AvgIpc) is 3.16. The fourth-order valence-electron chi connectivity index (χ4n) is 3.28. The predicted molar refractivity (Wildman–Crippen MR) is 98.9 cm³/mol. The van der Waals surface area contributed by atoms with E-state index in [2.05, 4.69) is 10.2 Å². The quantitative estimate of drug-likeness (QED) is 0.820. The summed E-state index contributed by atoms with van der Waals surface area (Å²) in [6.45, 7) is 0.682. The molecule has 7 heteroatoms. The van der Waals surface area contributed by atoms with Gasteiger partial charge in [0.15, 0.2) is 17.3 Å². The van der Waals surface area contributed by atoms with Crippen LogP contribution in [0.15, 0.2) is 30.3 Å². The van der Waals surface area contributed by atoms with Gasteiger partial charge in [0.05, 0.1) is 31.5 Å². The summed E-state index contributed by atoms with van der Waals surface area (Å²) in [5, 5.41) is 8.59. The summed E-state index contributed by atoms with van der Waals surface area (Å²) >= 11 is 0. The molecule has 1 aliphatic rings. The first-order chi connectivity index (χ1) is 12.6. The van der Waals surface area contributed by atoms with Crippen LogP contribution in [0.25, 0.3) is 0 Å². The molecule has 0 bridgehead atoms. The van der Waals surface area contributed by atoms with Gasteiger partial charge in [-0.2, -0.15) is 5.10 Å². The number of ether oxygens (including phenoxy) is 2. The lowest BCUT2D eigenvalue weighted by Crippen LogP contribution is -2.31. The molecular formula is C19H24N4O3. The van der Waals surface area contributed by atoms with Gasteiger partial charge >= 0.3 is 0 Å². The Labute approximate surface area is 153 Å². The van der Waals surface area contributed by atoms with Gasteiger partial charge in [0.1, 0.15) is 0 Å². The Morgan fingerprint density at radius 2 is 1.96 bits per heavy atom. The minimum atomic E-state index is -0.0817. The molecule has 0 spiro atoms. The van der Waals surface area contributed by atoms with Crippen molar-refractivity contribution in [2.24, 2.45) is 0 Å². The molecule has 7 nitrogen and oxygen atoms in total. The molecule has 1 aromatic heterocycles. The van der Waals surface area contributed by atoms with Crippen molar-refractivity contribution in [1.82, 2.24) is 15.1 Å². The highest BCUT2D eigenvalue weighted by molar-refractivity contribution is 5.98. The summed E-state index contributed by atoms with van der Waals surface area (Å²) in [6.07, 6.45) is 1.80. The Kier molecular flexibility index (Phi) is 5.25. The minimum Gasteiger partial charge on any atom is -0.493 e. The Balaban J connectivity index is 1.89. The molecule has 2 heterocycles. The minimum absolute atomic E-state index is 0.0814. The van der Waals surface area contributed by atoms with Crippen LogP contribution in [0.4, 0.5) is 5.82 Å². The van der Waals surface area contributed by atoms with Crippen LogP contribution in [-0.4, -0.2) is 55.9 Å². The predicted octanol–water partition coefficient (Wildman–Crippen LogP) is 2.54. The van der Waals surface area contributed by atoms with Crippen LogP contribution < -0.4 is 14.4 Å². The zero-order valence-electron chi connectivity index (χ0n) is 15.6. The lowest BCUT2D eigenvalue weighted by molar-refractivity contribution is 0.0728. The fraction of sp³-hybridized carbons (Fsp3) is 0.421. The number of benzene rings is 1. The van der Waals surface area contributed by atoms with E-state index in [0.29, 0.717) is 23.6 Å². The first kappa shape index (κ1) is 18.0. The van der Waals surface area contributed by atoms with E-state index in [-0.39, 0.29) is 11.9 Å². The van der Waals surface area contributed by atoms with Crippen molar-refractivity contribution in [3.05, 3.63) is 41.6 Å². The molecule has 1 unspecified atom stereocenters. The molecule has 1 atom stereocenters. The Morgan fingerprint density at radius 1 is 1.15 bits per heavy atom. The molecule has 1 aliphatic heterocycles. The highest BCUT2D eigenvalue weighted by atomic mass is 16.5. The largest absolute Gasteiger partial charge is 0.493 e. The molecule has 1 aromatic carbocycles. The van der Waals surface area contributed by atoms with Crippen molar-refractivity contribution in [2.75, 3.05) is 39.8 Å². The molecule has 1 fully saturated rings. The van der Waals surface area contributed by atoms with Gasteiger partial charge in [0, 0.05) is 20.6 Å². The van der Waals surface area contributed by atoms with Crippen LogP contribution in [-0.2, 0) is 0 Å². The summed E-state index contributed by atoms with van der Waals surface area (Å²) in [7, 11) is 6.95. The zero-order chi connectivity index (χ0) is 18.7. The third-order valence-electron chi connectivity index (χ3n) is 4.62. The van der Waals surface area contributed by atoms with E-state index >= 15 is 0 Å². The van der Waals surface area contributed by atoms with E-state index in [1.165, 1.54) is 0 Å². The number of aromatic nitrogens is 2. The van der Waals surface area contributed by atoms with Crippen molar-refractivity contribution < 1.29 is 14.3 Å². The van der Waals surface area contributed by atoms with E-state index in [9.17, 15) is 4.79 Å². The average molecular weight is 356 g/mol. The maximum atomic E-state index is 13.2. The third kappa shape index (κ3) is 3.29. The van der Waals surface area contributed by atoms with Gasteiger partial charge in [0.25, 0.3) is 5.91 Å². The first-order valence-corrected chi connectivity index (χ1v) is 8.59. The summed E-state index contributed by atoms with van der Waals surface area (Å²) in [6, 6.07) is 9.13. The summed E-state index contributed by atoms with van der Waals surface area (Å²) in [4.78, 5) is 16.9. The number of likely N-dealkylation sites (tertiary alicyclic amines) is 1. The van der Waals surface area contributed by atoms with Gasteiger partial charge < -0.3 is 19.3 Å². The van der Waals surface area contributed by atoms with Crippen LogP contribution >= 0.6 is 0 Å². The molecule has 2 aromatic rings. The molecule has 1 amide bonds. The number of hydrogen-bond donors (Lipinski definition) is 0. The third-order valence-corrected chi connectivity index (χ3v) is 4.62. The van der Waals surface area contributed by atoms with Gasteiger partial charge in [-0.15, -0.1) is 5.10 Å². The monoisotopic (exact) mass is 356 g/mol. The van der Waals surface area contributed by atoms with Gasteiger partial charge in [-0.1, -0.05) is 6.07 Å². The first-order valence-electron chi connectivity index (χ1n) is 8.59. The van der Waals surface area contributed by atoms with Crippen molar-refractivity contribution >= 4 is 11.7 Å². The summed E-state index contributed by atoms with van der Waals surface area (Å²) in [5.41, 5.74) is 1.31. The highest BCUT2D eigenvalue weighted by Gasteiger charge is 2.33. The smallest absolute Gasteiger partial charge is 0.258 e. The highest BCUT2D eigenvalue weighted by Crippen LogP contribution is 2.36. The fourth-order valence-corrected chi connectivity index (χ4v) is 3.28. The molecule has 3 rings (SSSR count). The molecule has 0 saturated carbocycles. The number of anilines is 1. The number of amides is 1. The molecule has 0 radical (unpaired) electrons. The normalized spacial score (nSPS) is 16.5. The topological polar surface area (TPSA) is 67.8 Å². The SMILES string of the molecule is COc1cccc(C(=O)N2CCCC2c2ccc(N(C)C)nn2)c1OC. The van der Waals surface area contributed by atoms with E-state index in [1.54, 1.807) is 32.4 Å². The number of para-hydroxylation sites is 1. The molecule has 138 valence electrons. The van der Waals surface area contributed by atoms with E-state index in [0.717, 1.165) is 24.4 Å². The maximum absolute atomic E-state index is 13.2. The van der Waals surface area contributed by atoms with Crippen molar-refractivity contribution in [2.45, 2.75) is 18.9 Å². The number of nitrogens with zero attached hydrogens (tertiary/aromatic N) is 4. The Morgan fingerprint density at radius 3 is 2.58 bits per heavy atom. The van der Waals surface area contributed by atoms with Crippen molar-refractivity contribution in [3.8, 4) is 11.5 Å². The Hall–Kier alpha value is -2.83. The van der Waals surface area contributed by atoms with Gasteiger partial charge in [-0.25, -0.2) is 0 Å². The number of methoxy groups -OCH3 is 2. The van der Waals surface area contributed by atoms with Gasteiger partial charge in [-0.05, 0) is 37.1 Å². The van der Waals surface area contributed by atoms with E-state index in [1.807, 2.05) is 36.0 Å². The van der Waals surface area contributed by atoms with Crippen LogP contribution in [0, 0.1) is 0 Å². The van der Waals surface area contributed by atoms with E-state index < -0.39 is 0 Å². The lowest BCUT2D eigenvalue weighted by Gasteiger charge is -2.25. The number of carbonyl (C=O) groups is 1. The van der Waals surface area contributed by atoms with Crippen LogP contribution in [0.3, 0.4) is 0 Å². The summed E-state index contributed by atoms with van der Waals surface area (Å²) in [5.74, 6) is 1.71. The van der Waals surface area contributed by atoms with Crippen LogP contribution in [0.5, 0.6) is 11.5 Å². The standard InChI is InChI=1S/C19H24N4O3/c1-22(2)17-11-10-14(20-21-17)15-8-6-12-23(15)19(24)13-7-5-9-16(25-3)18(13)26-4/h5,7,9-11,15H,6,8,12H2,1-4H3. The van der Waals surface area contributed by atoms with Crippen molar-refractivity contribution in [1.29, 1.82) is 0 Å². The van der Waals surface area contributed by atoms with Crippen molar-refractivity contribution in [3.63, 3.8) is 0 Å². The van der Waals surface area contributed by atoms with Gasteiger partial charge in [-0.3, -0.25) is 4.79 Å². The summed E-state index contributed by atoms with van der Waals surface area (Å²) < 4.78 is 10.7. The Bertz CT molecular complexity index is 777. The second-order valence-electron chi connectivity index (χ2n) is 6.41. The van der Waals surface area contributed by atoms with Gasteiger partial charge in [0.2, 0.25) is 0 Å². The lowest BCUT2D eigenvalue weighted by atomic mass is 10.1. The second kappa shape index (κ2) is 7.59.